The standard InChI is InChI=1S/C18H25N3O2S.HI/c1-5-23-17-10-15(6-7-16(17)22-4)21-18(19-3)20-11-13(2)14-8-9-24-12-14;/h6-10,12-13H,5,11H2,1-4H3,(H2,19,20,21);1H. The Balaban J connectivity index is 0.00000312. The highest BCUT2D eigenvalue weighted by molar-refractivity contribution is 14.0. The van der Waals surface area contributed by atoms with Gasteiger partial charge in [0.1, 0.15) is 0 Å². The van der Waals surface area contributed by atoms with E-state index in [0.717, 1.165) is 23.9 Å². The van der Waals surface area contributed by atoms with Crippen molar-refractivity contribution in [3.63, 3.8) is 0 Å². The molecule has 1 heterocycles. The second-order valence-electron chi connectivity index (χ2n) is 5.33. The van der Waals surface area contributed by atoms with E-state index in [1.165, 1.54) is 5.56 Å². The van der Waals surface area contributed by atoms with Crippen LogP contribution in [0.4, 0.5) is 5.69 Å². The van der Waals surface area contributed by atoms with Gasteiger partial charge in [-0.3, -0.25) is 4.99 Å². The predicted octanol–water partition coefficient (Wildman–Crippen LogP) is 4.56. The summed E-state index contributed by atoms with van der Waals surface area (Å²) in [4.78, 5) is 4.28. The van der Waals surface area contributed by atoms with Gasteiger partial charge in [-0.2, -0.15) is 11.3 Å². The predicted molar refractivity (Wildman–Crippen MR) is 117 cm³/mol. The first-order valence-electron chi connectivity index (χ1n) is 7.98. The fourth-order valence-electron chi connectivity index (χ4n) is 2.26. The van der Waals surface area contributed by atoms with Gasteiger partial charge in [-0.1, -0.05) is 6.92 Å². The highest BCUT2D eigenvalue weighted by Gasteiger charge is 2.09. The van der Waals surface area contributed by atoms with Crippen LogP contribution in [0.1, 0.15) is 25.3 Å². The molecule has 5 nitrogen and oxygen atoms in total. The number of anilines is 1. The molecule has 0 fully saturated rings. The highest BCUT2D eigenvalue weighted by Crippen LogP contribution is 2.30. The maximum absolute atomic E-state index is 5.61. The van der Waals surface area contributed by atoms with Gasteiger partial charge in [0, 0.05) is 25.3 Å². The van der Waals surface area contributed by atoms with Crippen LogP contribution in [0.3, 0.4) is 0 Å². The number of nitrogens with one attached hydrogen (secondary N) is 2. The molecule has 0 amide bonds. The fraction of sp³-hybridized carbons (Fsp3) is 0.389. The molecular formula is C18H26IN3O2S. The number of hydrogen-bond acceptors (Lipinski definition) is 4. The molecule has 1 atom stereocenters. The molecule has 25 heavy (non-hydrogen) atoms. The number of aliphatic imine (C=N–C) groups is 1. The molecule has 0 aliphatic rings. The molecule has 1 unspecified atom stereocenters. The van der Waals surface area contributed by atoms with E-state index in [4.69, 9.17) is 9.47 Å². The molecule has 0 aliphatic heterocycles. The molecule has 0 bridgehead atoms. The number of guanidine groups is 1. The molecular weight excluding hydrogens is 449 g/mol. The highest BCUT2D eigenvalue weighted by atomic mass is 127. The van der Waals surface area contributed by atoms with Gasteiger partial charge in [0.15, 0.2) is 17.5 Å². The monoisotopic (exact) mass is 475 g/mol. The average molecular weight is 475 g/mol. The largest absolute Gasteiger partial charge is 0.493 e. The SMILES string of the molecule is CCOc1cc(NC(=NC)NCC(C)c2ccsc2)ccc1OC.I. The van der Waals surface area contributed by atoms with Crippen molar-refractivity contribution in [2.45, 2.75) is 19.8 Å². The molecule has 2 aromatic rings. The van der Waals surface area contributed by atoms with Crippen molar-refractivity contribution in [1.82, 2.24) is 5.32 Å². The zero-order valence-electron chi connectivity index (χ0n) is 15.0. The van der Waals surface area contributed by atoms with E-state index in [2.05, 4.69) is 39.4 Å². The number of methoxy groups -OCH3 is 1. The van der Waals surface area contributed by atoms with E-state index < -0.39 is 0 Å². The fourth-order valence-corrected chi connectivity index (χ4v) is 3.04. The van der Waals surface area contributed by atoms with Crippen molar-refractivity contribution in [2.24, 2.45) is 4.99 Å². The van der Waals surface area contributed by atoms with Crippen molar-refractivity contribution < 1.29 is 9.47 Å². The second-order valence-corrected chi connectivity index (χ2v) is 6.11. The zero-order chi connectivity index (χ0) is 17.4. The molecule has 0 saturated carbocycles. The van der Waals surface area contributed by atoms with Crippen LogP contribution in [-0.2, 0) is 0 Å². The maximum Gasteiger partial charge on any atom is 0.195 e. The minimum absolute atomic E-state index is 0. The molecule has 2 N–H and O–H groups in total. The van der Waals surface area contributed by atoms with E-state index in [1.807, 2.05) is 25.1 Å². The molecule has 2 rings (SSSR count). The lowest BCUT2D eigenvalue weighted by Crippen LogP contribution is -2.33. The third-order valence-corrected chi connectivity index (χ3v) is 4.34. The van der Waals surface area contributed by atoms with E-state index in [-0.39, 0.29) is 24.0 Å². The van der Waals surface area contributed by atoms with Gasteiger partial charge < -0.3 is 20.1 Å². The Kier molecular flexibility index (Phi) is 9.66. The molecule has 1 aromatic heterocycles. The van der Waals surface area contributed by atoms with Crippen LogP contribution >= 0.6 is 35.3 Å². The van der Waals surface area contributed by atoms with Gasteiger partial charge in [-0.25, -0.2) is 0 Å². The summed E-state index contributed by atoms with van der Waals surface area (Å²) in [6, 6.07) is 7.90. The summed E-state index contributed by atoms with van der Waals surface area (Å²) in [5, 5.41) is 10.9. The Morgan fingerprint density at radius 2 is 2.08 bits per heavy atom. The van der Waals surface area contributed by atoms with Crippen molar-refractivity contribution in [1.29, 1.82) is 0 Å². The number of nitrogens with zero attached hydrogens (tertiary/aromatic N) is 1. The summed E-state index contributed by atoms with van der Waals surface area (Å²) < 4.78 is 10.9. The third kappa shape index (κ3) is 6.39. The van der Waals surface area contributed by atoms with Gasteiger partial charge in [-0.15, -0.1) is 24.0 Å². The summed E-state index contributed by atoms with van der Waals surface area (Å²) in [5.41, 5.74) is 2.24. The smallest absolute Gasteiger partial charge is 0.195 e. The van der Waals surface area contributed by atoms with Gasteiger partial charge in [0.05, 0.1) is 13.7 Å². The van der Waals surface area contributed by atoms with E-state index in [9.17, 15) is 0 Å². The van der Waals surface area contributed by atoms with Crippen molar-refractivity contribution in [3.8, 4) is 11.5 Å². The van der Waals surface area contributed by atoms with Gasteiger partial charge in [0.2, 0.25) is 0 Å². The minimum atomic E-state index is 0. The Bertz CT molecular complexity index is 662. The quantitative estimate of drug-likeness (QED) is 0.350. The summed E-state index contributed by atoms with van der Waals surface area (Å²) in [5.74, 6) is 2.58. The normalized spacial score (nSPS) is 12.1. The molecule has 7 heteroatoms. The molecule has 0 saturated heterocycles. The molecule has 138 valence electrons. The Labute approximate surface area is 170 Å². The van der Waals surface area contributed by atoms with Crippen molar-refractivity contribution in [2.75, 3.05) is 32.6 Å². The first-order valence-corrected chi connectivity index (χ1v) is 8.92. The Hall–Kier alpha value is -1.48. The van der Waals surface area contributed by atoms with Crippen LogP contribution in [0.2, 0.25) is 0 Å². The first kappa shape index (κ1) is 21.6. The van der Waals surface area contributed by atoms with E-state index >= 15 is 0 Å². The molecule has 0 radical (unpaired) electrons. The summed E-state index contributed by atoms with van der Waals surface area (Å²) in [6.07, 6.45) is 0. The van der Waals surface area contributed by atoms with Crippen molar-refractivity contribution in [3.05, 3.63) is 40.6 Å². The number of ether oxygens (including phenoxy) is 2. The lowest BCUT2D eigenvalue weighted by atomic mass is 10.1. The second kappa shape index (κ2) is 11.2. The summed E-state index contributed by atoms with van der Waals surface area (Å²) in [7, 11) is 3.40. The third-order valence-electron chi connectivity index (χ3n) is 3.64. The summed E-state index contributed by atoms with van der Waals surface area (Å²) >= 11 is 1.72. The van der Waals surface area contributed by atoms with Crippen LogP contribution in [0.5, 0.6) is 11.5 Å². The molecule has 0 aliphatic carbocycles. The lowest BCUT2D eigenvalue weighted by molar-refractivity contribution is 0.311. The van der Waals surface area contributed by atoms with Crippen LogP contribution in [0.15, 0.2) is 40.0 Å². The Morgan fingerprint density at radius 3 is 2.68 bits per heavy atom. The maximum atomic E-state index is 5.61. The Morgan fingerprint density at radius 1 is 1.28 bits per heavy atom. The van der Waals surface area contributed by atoms with Gasteiger partial charge in [-0.05, 0) is 47.4 Å². The molecule has 1 aromatic carbocycles. The van der Waals surface area contributed by atoms with Gasteiger partial charge >= 0.3 is 0 Å². The van der Waals surface area contributed by atoms with Gasteiger partial charge in [0.25, 0.3) is 0 Å². The number of benzene rings is 1. The molecule has 0 spiro atoms. The van der Waals surface area contributed by atoms with E-state index in [0.29, 0.717) is 18.3 Å². The topological polar surface area (TPSA) is 54.9 Å². The number of rotatable bonds is 7. The van der Waals surface area contributed by atoms with Crippen LogP contribution < -0.4 is 20.1 Å². The van der Waals surface area contributed by atoms with E-state index in [1.54, 1.807) is 25.5 Å². The lowest BCUT2D eigenvalue weighted by Gasteiger charge is -2.16. The zero-order valence-corrected chi connectivity index (χ0v) is 18.2. The minimum Gasteiger partial charge on any atom is -0.493 e. The van der Waals surface area contributed by atoms with Crippen molar-refractivity contribution >= 4 is 47.0 Å². The van der Waals surface area contributed by atoms with Crippen LogP contribution in [0, 0.1) is 0 Å². The summed E-state index contributed by atoms with van der Waals surface area (Å²) in [6.45, 7) is 5.55. The van der Waals surface area contributed by atoms with Crippen LogP contribution in [-0.4, -0.2) is 33.3 Å². The number of halogens is 1. The average Bonchev–Trinajstić information content (AvgIpc) is 3.13. The first-order chi connectivity index (χ1) is 11.7. The number of hydrogen-bond donors (Lipinski definition) is 2. The number of thiophene rings is 1. The van der Waals surface area contributed by atoms with Crippen LogP contribution in [0.25, 0.3) is 0 Å².